The van der Waals surface area contributed by atoms with Crippen LogP contribution in [0.25, 0.3) is 10.9 Å². The molecule has 1 unspecified atom stereocenters. The van der Waals surface area contributed by atoms with Gasteiger partial charge >= 0.3 is 0 Å². The average molecular weight is 301 g/mol. The third kappa shape index (κ3) is 2.68. The predicted octanol–water partition coefficient (Wildman–Crippen LogP) is 2.23. The number of hydrogen-bond acceptors (Lipinski definition) is 3. The number of aromatic amines is 1. The number of carbonyl (C=O) groups excluding carboxylic acids is 1. The summed E-state index contributed by atoms with van der Waals surface area (Å²) in [4.78, 5) is 17.2. The van der Waals surface area contributed by atoms with Gasteiger partial charge in [0.25, 0.3) is 0 Å². The molecule has 2 heterocycles. The number of ether oxygens (including phenoxy) is 1. The van der Waals surface area contributed by atoms with Gasteiger partial charge in [-0.1, -0.05) is 0 Å². The number of aromatic nitrogens is 1. The summed E-state index contributed by atoms with van der Waals surface area (Å²) < 4.78 is 5.33. The number of nitrogens with one attached hydrogen (secondary N) is 1. The zero-order chi connectivity index (χ0) is 15.7. The number of nitrogens with zero attached hydrogens (tertiary/aromatic N) is 1. The van der Waals surface area contributed by atoms with Crippen LogP contribution in [-0.4, -0.2) is 42.0 Å². The van der Waals surface area contributed by atoms with E-state index in [1.807, 2.05) is 17.0 Å². The Morgan fingerprint density at radius 2 is 2.14 bits per heavy atom. The fourth-order valence-corrected chi connectivity index (χ4v) is 3.28. The molecule has 0 spiro atoms. The Morgan fingerprint density at radius 1 is 1.41 bits per heavy atom. The first-order chi connectivity index (χ1) is 10.6. The Labute approximate surface area is 130 Å². The molecule has 1 aromatic carbocycles. The topological polar surface area (TPSA) is 71.3 Å². The number of amides is 1. The quantitative estimate of drug-likeness (QED) is 0.913. The number of piperidine rings is 1. The van der Waals surface area contributed by atoms with E-state index in [-0.39, 0.29) is 5.91 Å². The van der Waals surface area contributed by atoms with Gasteiger partial charge in [-0.2, -0.15) is 0 Å². The smallest absolute Gasteiger partial charge is 0.239 e. The van der Waals surface area contributed by atoms with Gasteiger partial charge in [0.2, 0.25) is 5.91 Å². The van der Waals surface area contributed by atoms with E-state index in [2.05, 4.69) is 17.2 Å². The van der Waals surface area contributed by atoms with Crippen molar-refractivity contribution in [1.29, 1.82) is 0 Å². The van der Waals surface area contributed by atoms with Crippen molar-refractivity contribution in [3.63, 3.8) is 0 Å². The fraction of sp³-hybridized carbons (Fsp3) is 0.471. The van der Waals surface area contributed by atoms with Gasteiger partial charge in [-0.15, -0.1) is 0 Å². The Balaban J connectivity index is 1.78. The van der Waals surface area contributed by atoms with Gasteiger partial charge in [0.15, 0.2) is 0 Å². The summed E-state index contributed by atoms with van der Waals surface area (Å²) in [5.41, 5.74) is 8.14. The molecule has 22 heavy (non-hydrogen) atoms. The second-order valence-electron chi connectivity index (χ2n) is 6.04. The summed E-state index contributed by atoms with van der Waals surface area (Å²) in [6.45, 7) is 3.31. The normalized spacial score (nSPS) is 17.7. The van der Waals surface area contributed by atoms with Gasteiger partial charge < -0.3 is 20.4 Å². The van der Waals surface area contributed by atoms with E-state index >= 15 is 0 Å². The molecule has 3 N–H and O–H groups in total. The van der Waals surface area contributed by atoms with E-state index in [1.165, 1.54) is 10.9 Å². The number of methoxy groups -OCH3 is 1. The van der Waals surface area contributed by atoms with E-state index in [9.17, 15) is 4.79 Å². The lowest BCUT2D eigenvalue weighted by atomic mass is 9.89. The number of likely N-dealkylation sites (tertiary alicyclic amines) is 1. The highest BCUT2D eigenvalue weighted by molar-refractivity contribution is 5.85. The number of hydrogen-bond donors (Lipinski definition) is 2. The molecule has 0 bridgehead atoms. The lowest BCUT2D eigenvalue weighted by Gasteiger charge is -2.33. The summed E-state index contributed by atoms with van der Waals surface area (Å²) >= 11 is 0. The first kappa shape index (κ1) is 14.9. The molecule has 3 rings (SSSR count). The molecule has 1 atom stereocenters. The molecule has 1 aromatic heterocycles. The molecule has 0 aliphatic carbocycles. The summed E-state index contributed by atoms with van der Waals surface area (Å²) in [5.74, 6) is 1.40. The van der Waals surface area contributed by atoms with Crippen molar-refractivity contribution >= 4 is 16.8 Å². The maximum Gasteiger partial charge on any atom is 0.239 e. The minimum Gasteiger partial charge on any atom is -0.497 e. The number of fused-ring (bicyclic) bond motifs is 1. The average Bonchev–Trinajstić information content (AvgIpc) is 2.97. The van der Waals surface area contributed by atoms with Gasteiger partial charge in [-0.3, -0.25) is 4.79 Å². The van der Waals surface area contributed by atoms with Crippen LogP contribution in [0, 0.1) is 0 Å². The van der Waals surface area contributed by atoms with Crippen LogP contribution in [-0.2, 0) is 4.79 Å². The van der Waals surface area contributed by atoms with Crippen molar-refractivity contribution in [3.05, 3.63) is 30.0 Å². The van der Waals surface area contributed by atoms with Crippen molar-refractivity contribution in [1.82, 2.24) is 9.88 Å². The minimum atomic E-state index is -0.408. The van der Waals surface area contributed by atoms with E-state index < -0.39 is 6.04 Å². The summed E-state index contributed by atoms with van der Waals surface area (Å²) in [6, 6.07) is 5.69. The minimum absolute atomic E-state index is 0.0547. The van der Waals surface area contributed by atoms with Gasteiger partial charge in [-0.05, 0) is 49.4 Å². The standard InChI is InChI=1S/C17H23N3O2/c1-11(18)17(21)20-7-5-12(6-8-20)15-10-19-16-4-3-13(22-2)9-14(15)16/h3-4,9-12,19H,5-8,18H2,1-2H3. The molecule has 1 fully saturated rings. The highest BCUT2D eigenvalue weighted by atomic mass is 16.5. The van der Waals surface area contributed by atoms with Gasteiger partial charge in [0, 0.05) is 30.2 Å². The SMILES string of the molecule is COc1ccc2[nH]cc(C3CCN(C(=O)C(C)N)CC3)c2c1. The molecule has 0 saturated carbocycles. The van der Waals surface area contributed by atoms with Gasteiger partial charge in [0.05, 0.1) is 13.2 Å². The number of nitrogens with two attached hydrogens (primary N) is 1. The third-order valence-electron chi connectivity index (χ3n) is 4.56. The van der Waals surface area contributed by atoms with Crippen LogP contribution in [0.5, 0.6) is 5.75 Å². The molecule has 1 aliphatic heterocycles. The lowest BCUT2D eigenvalue weighted by molar-refractivity contribution is -0.133. The molecule has 5 nitrogen and oxygen atoms in total. The lowest BCUT2D eigenvalue weighted by Crippen LogP contribution is -2.45. The van der Waals surface area contributed by atoms with Crippen molar-refractivity contribution in [2.75, 3.05) is 20.2 Å². The number of benzene rings is 1. The van der Waals surface area contributed by atoms with Crippen LogP contribution in [0.1, 0.15) is 31.2 Å². The number of carbonyl (C=O) groups is 1. The highest BCUT2D eigenvalue weighted by Gasteiger charge is 2.26. The van der Waals surface area contributed by atoms with E-state index in [0.29, 0.717) is 5.92 Å². The largest absolute Gasteiger partial charge is 0.497 e. The molecule has 0 radical (unpaired) electrons. The van der Waals surface area contributed by atoms with Crippen LogP contribution in [0.2, 0.25) is 0 Å². The van der Waals surface area contributed by atoms with Crippen molar-refractivity contribution < 1.29 is 9.53 Å². The zero-order valence-electron chi connectivity index (χ0n) is 13.1. The van der Waals surface area contributed by atoms with Crippen molar-refractivity contribution in [2.24, 2.45) is 5.73 Å². The van der Waals surface area contributed by atoms with Gasteiger partial charge in [0.1, 0.15) is 5.75 Å². The third-order valence-corrected chi connectivity index (χ3v) is 4.56. The molecule has 1 amide bonds. The Morgan fingerprint density at radius 3 is 2.77 bits per heavy atom. The second-order valence-corrected chi connectivity index (χ2v) is 6.04. The molecule has 1 saturated heterocycles. The van der Waals surface area contributed by atoms with Gasteiger partial charge in [-0.25, -0.2) is 0 Å². The van der Waals surface area contributed by atoms with E-state index in [1.54, 1.807) is 14.0 Å². The highest BCUT2D eigenvalue weighted by Crippen LogP contribution is 2.34. The summed E-state index contributed by atoms with van der Waals surface area (Å²) in [5, 5.41) is 1.22. The number of H-pyrrole nitrogens is 1. The molecule has 1 aliphatic rings. The second kappa shape index (κ2) is 6.01. The molecular weight excluding hydrogens is 278 g/mol. The van der Waals surface area contributed by atoms with E-state index in [4.69, 9.17) is 10.5 Å². The Hall–Kier alpha value is -2.01. The van der Waals surface area contributed by atoms with E-state index in [0.717, 1.165) is 37.2 Å². The van der Waals surface area contributed by atoms with Crippen LogP contribution >= 0.6 is 0 Å². The van der Waals surface area contributed by atoms with Crippen LogP contribution < -0.4 is 10.5 Å². The molecule has 118 valence electrons. The van der Waals surface area contributed by atoms with Crippen molar-refractivity contribution in [2.45, 2.75) is 31.7 Å². The van der Waals surface area contributed by atoms with Crippen LogP contribution in [0.4, 0.5) is 0 Å². The summed E-state index contributed by atoms with van der Waals surface area (Å²) in [7, 11) is 1.69. The maximum atomic E-state index is 12.0. The first-order valence-corrected chi connectivity index (χ1v) is 7.79. The Bertz CT molecular complexity index is 670. The predicted molar refractivity (Wildman–Crippen MR) is 87.1 cm³/mol. The monoisotopic (exact) mass is 301 g/mol. The summed E-state index contributed by atoms with van der Waals surface area (Å²) in [6.07, 6.45) is 4.04. The maximum absolute atomic E-state index is 12.0. The molecule has 2 aromatic rings. The number of rotatable bonds is 3. The molecule has 5 heteroatoms. The zero-order valence-corrected chi connectivity index (χ0v) is 13.1. The van der Waals surface area contributed by atoms with Crippen LogP contribution in [0.15, 0.2) is 24.4 Å². The van der Waals surface area contributed by atoms with Crippen molar-refractivity contribution in [3.8, 4) is 5.75 Å². The fourth-order valence-electron chi connectivity index (χ4n) is 3.28. The molecular formula is C17H23N3O2. The Kier molecular flexibility index (Phi) is 4.07. The van der Waals surface area contributed by atoms with Crippen LogP contribution in [0.3, 0.4) is 0 Å². The first-order valence-electron chi connectivity index (χ1n) is 7.79.